The van der Waals surface area contributed by atoms with Crippen molar-refractivity contribution in [2.45, 2.75) is 49.8 Å². The third kappa shape index (κ3) is 2.54. The fraction of sp³-hybridized carbons (Fsp3) is 0.682. The van der Waals surface area contributed by atoms with E-state index in [1.165, 1.54) is 12.7 Å². The molecule has 3 aliphatic heterocycles. The van der Waals surface area contributed by atoms with E-state index in [9.17, 15) is 9.90 Å². The monoisotopic (exact) mass is 386 g/mol. The van der Waals surface area contributed by atoms with E-state index in [4.69, 9.17) is 9.57 Å². The minimum Gasteiger partial charge on any atom is -0.469 e. The maximum absolute atomic E-state index is 12.7. The van der Waals surface area contributed by atoms with E-state index in [2.05, 4.69) is 34.2 Å². The molecule has 1 saturated carbocycles. The number of hydrogen-bond acceptors (Lipinski definition) is 6. The van der Waals surface area contributed by atoms with E-state index in [0.717, 1.165) is 38.0 Å². The fourth-order valence-corrected chi connectivity index (χ4v) is 6.75. The zero-order valence-corrected chi connectivity index (χ0v) is 16.7. The van der Waals surface area contributed by atoms with Crippen LogP contribution >= 0.6 is 0 Å². The molecule has 6 nitrogen and oxygen atoms in total. The molecule has 152 valence electrons. The number of para-hydroxylation sites is 1. The van der Waals surface area contributed by atoms with Crippen molar-refractivity contribution < 1.29 is 19.5 Å². The number of carbonyl (C=O) groups is 1. The molecule has 0 aromatic heterocycles. The number of carbonyl (C=O) groups excluding carboxylic acids is 1. The van der Waals surface area contributed by atoms with Crippen LogP contribution in [0.2, 0.25) is 0 Å². The van der Waals surface area contributed by atoms with E-state index >= 15 is 0 Å². The predicted octanol–water partition coefficient (Wildman–Crippen LogP) is 2.17. The fourth-order valence-electron chi connectivity index (χ4n) is 6.75. The molecule has 3 heterocycles. The Hall–Kier alpha value is -1.63. The second-order valence-electron chi connectivity index (χ2n) is 8.80. The summed E-state index contributed by atoms with van der Waals surface area (Å²) >= 11 is 0. The lowest BCUT2D eigenvalue weighted by atomic mass is 9.60. The van der Waals surface area contributed by atoms with Crippen LogP contribution in [0, 0.1) is 17.8 Å². The highest BCUT2D eigenvalue weighted by Crippen LogP contribution is 2.54. The second kappa shape index (κ2) is 7.01. The standard InChI is InChI=1S/C22H30N2O4/c1-27-22(26)19-17(25)8-7-13-9-11-23-12-10-15-14-5-3-4-6-16(14)24(28-2)20(15)21(23)18(13)19/h3-6,13,15,17-21,25H,7-12H2,1-2H3/t13-,15+,17-,18-,19-,20-,21-/m0/s1. The van der Waals surface area contributed by atoms with Crippen molar-refractivity contribution in [2.75, 3.05) is 32.4 Å². The van der Waals surface area contributed by atoms with Gasteiger partial charge in [-0.25, -0.2) is 5.06 Å². The summed E-state index contributed by atoms with van der Waals surface area (Å²) in [4.78, 5) is 21.2. The molecule has 4 aliphatic rings. The molecule has 6 heteroatoms. The average molecular weight is 386 g/mol. The smallest absolute Gasteiger partial charge is 0.311 e. The predicted molar refractivity (Wildman–Crippen MR) is 105 cm³/mol. The first-order chi connectivity index (χ1) is 13.7. The summed E-state index contributed by atoms with van der Waals surface area (Å²) in [6.07, 6.45) is 3.25. The number of anilines is 1. The summed E-state index contributed by atoms with van der Waals surface area (Å²) in [5.74, 6) is 0.247. The molecular formula is C22H30N2O4. The van der Waals surface area contributed by atoms with Gasteiger partial charge in [-0.05, 0) is 62.2 Å². The van der Waals surface area contributed by atoms with E-state index in [0.29, 0.717) is 18.3 Å². The Morgan fingerprint density at radius 3 is 2.64 bits per heavy atom. The highest BCUT2D eigenvalue weighted by Gasteiger charge is 2.58. The minimum absolute atomic E-state index is 0.102. The lowest BCUT2D eigenvalue weighted by Crippen LogP contribution is -2.66. The first-order valence-corrected chi connectivity index (χ1v) is 10.6. The maximum Gasteiger partial charge on any atom is 0.311 e. The quantitative estimate of drug-likeness (QED) is 0.786. The summed E-state index contributed by atoms with van der Waals surface area (Å²) in [6, 6.07) is 8.87. The van der Waals surface area contributed by atoms with Gasteiger partial charge in [0.25, 0.3) is 0 Å². The maximum atomic E-state index is 12.7. The van der Waals surface area contributed by atoms with Crippen LogP contribution in [0.1, 0.15) is 37.2 Å². The number of esters is 1. The number of nitrogens with zero attached hydrogens (tertiary/aromatic N) is 2. The van der Waals surface area contributed by atoms with Crippen LogP contribution in [-0.2, 0) is 14.4 Å². The molecule has 2 saturated heterocycles. The Morgan fingerprint density at radius 1 is 1.07 bits per heavy atom. The number of hydroxylamine groups is 1. The summed E-state index contributed by atoms with van der Waals surface area (Å²) in [5, 5.41) is 12.9. The van der Waals surface area contributed by atoms with E-state index in [1.807, 2.05) is 0 Å². The normalized spacial score (nSPS) is 39.5. The average Bonchev–Trinajstić information content (AvgIpc) is 3.06. The number of aliphatic hydroxyl groups is 1. The Labute approximate surface area is 166 Å². The molecule has 5 rings (SSSR count). The van der Waals surface area contributed by atoms with Gasteiger partial charge in [-0.3, -0.25) is 14.5 Å². The number of piperidine rings is 2. The van der Waals surface area contributed by atoms with Gasteiger partial charge < -0.3 is 9.84 Å². The highest BCUT2D eigenvalue weighted by atomic mass is 16.7. The Kier molecular flexibility index (Phi) is 4.61. The minimum atomic E-state index is -0.617. The lowest BCUT2D eigenvalue weighted by molar-refractivity contribution is -0.165. The first kappa shape index (κ1) is 18.4. The Morgan fingerprint density at radius 2 is 1.86 bits per heavy atom. The third-order valence-corrected chi connectivity index (χ3v) is 7.81. The number of benzene rings is 1. The number of ether oxygens (including phenoxy) is 1. The van der Waals surface area contributed by atoms with Crippen molar-refractivity contribution in [3.8, 4) is 0 Å². The zero-order valence-electron chi connectivity index (χ0n) is 16.7. The zero-order chi connectivity index (χ0) is 19.4. The van der Waals surface area contributed by atoms with Gasteiger partial charge in [0.1, 0.15) is 0 Å². The van der Waals surface area contributed by atoms with Crippen LogP contribution in [0.4, 0.5) is 5.69 Å². The number of fused-ring (bicyclic) bond motifs is 7. The molecule has 0 amide bonds. The molecule has 1 aromatic rings. The van der Waals surface area contributed by atoms with Gasteiger partial charge in [0, 0.05) is 12.0 Å². The van der Waals surface area contributed by atoms with Crippen LogP contribution < -0.4 is 5.06 Å². The summed E-state index contributed by atoms with van der Waals surface area (Å²) in [7, 11) is 3.18. The first-order valence-electron chi connectivity index (χ1n) is 10.6. The number of rotatable bonds is 2. The number of hydrogen-bond donors (Lipinski definition) is 1. The van der Waals surface area contributed by atoms with Gasteiger partial charge in [0.05, 0.1) is 38.0 Å². The van der Waals surface area contributed by atoms with Crippen LogP contribution in [0.5, 0.6) is 0 Å². The van der Waals surface area contributed by atoms with Crippen molar-refractivity contribution in [1.29, 1.82) is 0 Å². The van der Waals surface area contributed by atoms with E-state index in [-0.39, 0.29) is 24.0 Å². The second-order valence-corrected chi connectivity index (χ2v) is 8.80. The largest absolute Gasteiger partial charge is 0.469 e. The highest BCUT2D eigenvalue weighted by molar-refractivity contribution is 5.74. The molecule has 0 bridgehead atoms. The molecule has 0 radical (unpaired) electrons. The van der Waals surface area contributed by atoms with Crippen LogP contribution in [0.15, 0.2) is 24.3 Å². The van der Waals surface area contributed by atoms with Crippen molar-refractivity contribution in [1.82, 2.24) is 4.90 Å². The molecule has 1 aliphatic carbocycles. The van der Waals surface area contributed by atoms with Gasteiger partial charge >= 0.3 is 5.97 Å². The van der Waals surface area contributed by atoms with Crippen LogP contribution in [-0.4, -0.2) is 61.5 Å². The summed E-state index contributed by atoms with van der Waals surface area (Å²) in [5.41, 5.74) is 2.50. The molecule has 0 unspecified atom stereocenters. The van der Waals surface area contributed by atoms with Gasteiger partial charge in [-0.1, -0.05) is 18.2 Å². The lowest BCUT2D eigenvalue weighted by Gasteiger charge is -2.57. The molecule has 1 N–H and O–H groups in total. The molecule has 0 spiro atoms. The molecule has 7 atom stereocenters. The Balaban J connectivity index is 1.58. The van der Waals surface area contributed by atoms with Gasteiger partial charge in [-0.2, -0.15) is 0 Å². The summed E-state index contributed by atoms with van der Waals surface area (Å²) in [6.45, 7) is 2.10. The van der Waals surface area contributed by atoms with Gasteiger partial charge in [-0.15, -0.1) is 0 Å². The van der Waals surface area contributed by atoms with Gasteiger partial charge in [0.2, 0.25) is 0 Å². The topological polar surface area (TPSA) is 62.2 Å². The Bertz CT molecular complexity index is 731. The number of aliphatic hydroxyl groups excluding tert-OH is 1. The molecule has 3 fully saturated rings. The van der Waals surface area contributed by atoms with E-state index < -0.39 is 12.0 Å². The summed E-state index contributed by atoms with van der Waals surface area (Å²) < 4.78 is 5.15. The molecule has 28 heavy (non-hydrogen) atoms. The SMILES string of the molecule is COC(=O)[C@@H]1[C@@H]2[C@@H](CC[C@@H]1O)CCN1CC[C@@H]3c4ccccc4N(OC)[C@@H]3[C@H]21. The number of methoxy groups -OCH3 is 1. The van der Waals surface area contributed by atoms with E-state index in [1.54, 1.807) is 7.11 Å². The van der Waals surface area contributed by atoms with Crippen LogP contribution in [0.25, 0.3) is 0 Å². The van der Waals surface area contributed by atoms with Crippen molar-refractivity contribution in [3.05, 3.63) is 29.8 Å². The van der Waals surface area contributed by atoms with Crippen LogP contribution in [0.3, 0.4) is 0 Å². The van der Waals surface area contributed by atoms with Crippen molar-refractivity contribution in [2.24, 2.45) is 17.8 Å². The molecular weight excluding hydrogens is 356 g/mol. The third-order valence-electron chi connectivity index (χ3n) is 7.81. The van der Waals surface area contributed by atoms with Crippen molar-refractivity contribution in [3.63, 3.8) is 0 Å². The van der Waals surface area contributed by atoms with Crippen molar-refractivity contribution >= 4 is 11.7 Å². The molecule has 1 aromatic carbocycles. The van der Waals surface area contributed by atoms with Gasteiger partial charge in [0.15, 0.2) is 0 Å².